The van der Waals surface area contributed by atoms with Crippen molar-refractivity contribution in [2.45, 2.75) is 24.7 Å². The van der Waals surface area contributed by atoms with Crippen molar-refractivity contribution in [3.05, 3.63) is 101 Å². The van der Waals surface area contributed by atoms with Crippen LogP contribution in [-0.4, -0.2) is 24.7 Å². The Morgan fingerprint density at radius 3 is 2.20 bits per heavy atom. The Labute approximate surface area is 174 Å². The molecule has 1 saturated heterocycles. The molecule has 0 spiro atoms. The molecule has 3 nitrogen and oxygen atoms in total. The first-order valence-electron chi connectivity index (χ1n) is 9.77. The van der Waals surface area contributed by atoms with Gasteiger partial charge in [0.1, 0.15) is 29.8 Å². The van der Waals surface area contributed by atoms with Crippen LogP contribution in [0.5, 0.6) is 5.75 Å². The van der Waals surface area contributed by atoms with Gasteiger partial charge in [-0.15, -0.1) is 0 Å². The molecule has 3 aromatic carbocycles. The van der Waals surface area contributed by atoms with Crippen LogP contribution in [0.25, 0.3) is 0 Å². The van der Waals surface area contributed by atoms with Crippen LogP contribution in [0.1, 0.15) is 24.1 Å². The van der Waals surface area contributed by atoms with Crippen molar-refractivity contribution in [3.8, 4) is 5.75 Å². The molecule has 3 unspecified atom stereocenters. The molecule has 156 valence electrons. The van der Waals surface area contributed by atoms with Crippen LogP contribution in [0.15, 0.2) is 72.8 Å². The minimum atomic E-state index is -0.675. The average Bonchev–Trinajstić information content (AvgIpc) is 2.98. The van der Waals surface area contributed by atoms with Gasteiger partial charge in [0.15, 0.2) is 0 Å². The topological polar surface area (TPSA) is 24.5 Å². The summed E-state index contributed by atoms with van der Waals surface area (Å²) < 4.78 is 47.3. The number of nitrogens with one attached hydrogen (secondary N) is 1. The maximum Gasteiger partial charge on any atom is 0.126 e. The Morgan fingerprint density at radius 2 is 1.53 bits per heavy atom. The van der Waals surface area contributed by atoms with Crippen molar-refractivity contribution >= 4 is 0 Å². The number of benzene rings is 3. The molecule has 1 N–H and O–H groups in total. The summed E-state index contributed by atoms with van der Waals surface area (Å²) in [5.41, 5.74) is 0.841. The van der Waals surface area contributed by atoms with E-state index in [0.717, 1.165) is 11.1 Å². The molecule has 6 heteroatoms. The van der Waals surface area contributed by atoms with E-state index in [1.165, 1.54) is 36.4 Å². The molecule has 3 atom stereocenters. The molecule has 0 bridgehead atoms. The van der Waals surface area contributed by atoms with E-state index < -0.39 is 5.54 Å². The van der Waals surface area contributed by atoms with Crippen LogP contribution in [0.2, 0.25) is 0 Å². The zero-order valence-electron chi connectivity index (χ0n) is 16.8. The molecular formula is C24H23F3N2O. The Morgan fingerprint density at radius 1 is 0.900 bits per heavy atom. The molecule has 30 heavy (non-hydrogen) atoms. The van der Waals surface area contributed by atoms with Crippen molar-refractivity contribution in [2.75, 3.05) is 13.7 Å². The van der Waals surface area contributed by atoms with Gasteiger partial charge in [-0.3, -0.25) is 10.2 Å². The summed E-state index contributed by atoms with van der Waals surface area (Å²) in [4.78, 5) is 2.05. The highest BCUT2D eigenvalue weighted by Crippen LogP contribution is 2.45. The summed E-state index contributed by atoms with van der Waals surface area (Å²) in [5, 5.41) is 3.50. The predicted molar refractivity (Wildman–Crippen MR) is 109 cm³/mol. The number of likely N-dealkylation sites (N-methyl/N-ethyl adjacent to an activating group) is 1. The summed E-state index contributed by atoms with van der Waals surface area (Å²) in [6.07, 6.45) is -0.269. The lowest BCUT2D eigenvalue weighted by Gasteiger charge is -2.38. The third-order valence-corrected chi connectivity index (χ3v) is 5.92. The van der Waals surface area contributed by atoms with Gasteiger partial charge in [-0.05, 0) is 61.5 Å². The minimum Gasteiger partial charge on any atom is -0.490 e. The van der Waals surface area contributed by atoms with Crippen LogP contribution in [0.3, 0.4) is 0 Å². The first kappa shape index (κ1) is 20.4. The van der Waals surface area contributed by atoms with Gasteiger partial charge in [0.25, 0.3) is 0 Å². The summed E-state index contributed by atoms with van der Waals surface area (Å²) in [7, 11) is 1.91. The monoisotopic (exact) mass is 412 g/mol. The van der Waals surface area contributed by atoms with Crippen LogP contribution < -0.4 is 10.1 Å². The van der Waals surface area contributed by atoms with Gasteiger partial charge in [0, 0.05) is 6.07 Å². The molecule has 1 heterocycles. The molecule has 1 aliphatic heterocycles. The Bertz CT molecular complexity index is 1040. The lowest BCUT2D eigenvalue weighted by molar-refractivity contribution is 0.106. The largest absolute Gasteiger partial charge is 0.490 e. The Balaban J connectivity index is 1.68. The number of hydrogen-bond acceptors (Lipinski definition) is 3. The fourth-order valence-corrected chi connectivity index (χ4v) is 4.17. The fourth-order valence-electron chi connectivity index (χ4n) is 4.17. The van der Waals surface area contributed by atoms with Crippen molar-refractivity contribution < 1.29 is 17.9 Å². The van der Waals surface area contributed by atoms with E-state index in [2.05, 4.69) is 10.2 Å². The summed E-state index contributed by atoms with van der Waals surface area (Å²) >= 11 is 0. The molecule has 0 aromatic heterocycles. The van der Waals surface area contributed by atoms with Gasteiger partial charge in [-0.1, -0.05) is 30.3 Å². The van der Waals surface area contributed by atoms with Gasteiger partial charge in [0.2, 0.25) is 0 Å². The molecule has 4 rings (SSSR count). The lowest BCUT2D eigenvalue weighted by atomic mass is 9.81. The van der Waals surface area contributed by atoms with Gasteiger partial charge >= 0.3 is 0 Å². The van der Waals surface area contributed by atoms with Crippen molar-refractivity contribution in [2.24, 2.45) is 0 Å². The normalized spacial score (nSPS) is 24.2. The first-order chi connectivity index (χ1) is 14.4. The third kappa shape index (κ3) is 3.80. The predicted octanol–water partition coefficient (Wildman–Crippen LogP) is 5.00. The minimum absolute atomic E-state index is 0.233. The third-order valence-electron chi connectivity index (χ3n) is 5.92. The standard InChI is InChI=1S/C24H23F3N2O/c1-24(17-7-4-9-19(26)13-17)23(16-6-3-8-18(25)12-16)28-22(29(24)2)15-30-21-11-5-10-20(27)14-21/h3-14,22-23,28H,15H2,1-2H3. The maximum absolute atomic E-state index is 14.1. The number of nitrogens with zero attached hydrogens (tertiary/aromatic N) is 1. The smallest absolute Gasteiger partial charge is 0.126 e. The quantitative estimate of drug-likeness (QED) is 0.638. The molecule has 0 amide bonds. The molecule has 0 radical (unpaired) electrons. The van der Waals surface area contributed by atoms with Gasteiger partial charge in [-0.25, -0.2) is 13.2 Å². The van der Waals surface area contributed by atoms with Crippen LogP contribution in [-0.2, 0) is 5.54 Å². The highest BCUT2D eigenvalue weighted by molar-refractivity contribution is 5.35. The second kappa shape index (κ2) is 8.13. The van der Waals surface area contributed by atoms with Gasteiger partial charge in [0.05, 0.1) is 17.7 Å². The fraction of sp³-hybridized carbons (Fsp3) is 0.250. The molecule has 3 aromatic rings. The van der Waals surface area contributed by atoms with Crippen molar-refractivity contribution in [1.29, 1.82) is 0 Å². The molecule has 1 fully saturated rings. The highest BCUT2D eigenvalue weighted by atomic mass is 19.1. The van der Waals surface area contributed by atoms with E-state index in [0.29, 0.717) is 5.75 Å². The van der Waals surface area contributed by atoms with E-state index >= 15 is 0 Å². The Hall–Kier alpha value is -2.83. The van der Waals surface area contributed by atoms with Gasteiger partial charge < -0.3 is 4.74 Å². The Kier molecular flexibility index (Phi) is 5.54. The number of rotatable bonds is 5. The summed E-state index contributed by atoms with van der Waals surface area (Å²) in [6.45, 7) is 2.23. The van der Waals surface area contributed by atoms with E-state index in [-0.39, 0.29) is 36.3 Å². The van der Waals surface area contributed by atoms with E-state index in [1.54, 1.807) is 24.3 Å². The van der Waals surface area contributed by atoms with Crippen molar-refractivity contribution in [3.63, 3.8) is 0 Å². The highest BCUT2D eigenvalue weighted by Gasteiger charge is 2.50. The van der Waals surface area contributed by atoms with E-state index in [1.807, 2.05) is 26.1 Å². The molecule has 0 saturated carbocycles. The number of hydrogen-bond donors (Lipinski definition) is 1. The SMILES string of the molecule is CN1C(COc2cccc(F)c2)NC(c2cccc(F)c2)C1(C)c1cccc(F)c1. The zero-order valence-corrected chi connectivity index (χ0v) is 16.8. The van der Waals surface area contributed by atoms with E-state index in [9.17, 15) is 13.2 Å². The maximum atomic E-state index is 14.1. The molecule has 1 aliphatic rings. The van der Waals surface area contributed by atoms with Crippen molar-refractivity contribution in [1.82, 2.24) is 10.2 Å². The molecule has 0 aliphatic carbocycles. The van der Waals surface area contributed by atoms with Crippen LogP contribution in [0, 0.1) is 17.5 Å². The van der Waals surface area contributed by atoms with Gasteiger partial charge in [-0.2, -0.15) is 0 Å². The molecular weight excluding hydrogens is 389 g/mol. The summed E-state index contributed by atoms with van der Waals surface area (Å²) in [5.74, 6) is -0.619. The average molecular weight is 412 g/mol. The second-order valence-corrected chi connectivity index (χ2v) is 7.71. The number of halogens is 3. The second-order valence-electron chi connectivity index (χ2n) is 7.71. The zero-order chi connectivity index (χ0) is 21.3. The first-order valence-corrected chi connectivity index (χ1v) is 9.77. The van der Waals surface area contributed by atoms with E-state index in [4.69, 9.17) is 4.74 Å². The van der Waals surface area contributed by atoms with Crippen LogP contribution >= 0.6 is 0 Å². The van der Waals surface area contributed by atoms with Crippen LogP contribution in [0.4, 0.5) is 13.2 Å². The lowest BCUT2D eigenvalue weighted by Crippen LogP contribution is -2.44. The summed E-state index contributed by atoms with van der Waals surface area (Å²) in [6, 6.07) is 18.5. The number of ether oxygens (including phenoxy) is 1.